The maximum Gasteiger partial charge on any atom is 0.343 e. The van der Waals surface area contributed by atoms with Crippen molar-refractivity contribution in [3.8, 4) is 11.5 Å². The summed E-state index contributed by atoms with van der Waals surface area (Å²) in [5.74, 6) is -0.170. The number of ketones is 1. The fourth-order valence-electron chi connectivity index (χ4n) is 5.66. The number of fused-ring (bicyclic) bond motifs is 1. The van der Waals surface area contributed by atoms with Gasteiger partial charge in [0.2, 0.25) is 5.91 Å². The number of rotatable bonds is 17. The van der Waals surface area contributed by atoms with E-state index in [2.05, 4.69) is 17.6 Å². The number of amides is 2. The Labute approximate surface area is 299 Å². The van der Waals surface area contributed by atoms with Crippen LogP contribution in [0.1, 0.15) is 77.8 Å². The zero-order valence-electron chi connectivity index (χ0n) is 29.2. The van der Waals surface area contributed by atoms with E-state index < -0.39 is 17.9 Å². The molecular weight excluding hydrogens is 640 g/mol. The molecule has 0 aliphatic rings. The van der Waals surface area contributed by atoms with Crippen molar-refractivity contribution in [1.29, 1.82) is 0 Å². The maximum absolute atomic E-state index is 13.0. The topological polar surface area (TPSA) is 111 Å². The maximum atomic E-state index is 13.0. The van der Waals surface area contributed by atoms with Gasteiger partial charge in [-0.1, -0.05) is 87.2 Å². The van der Waals surface area contributed by atoms with Gasteiger partial charge in [0.25, 0.3) is 5.91 Å². The lowest BCUT2D eigenvalue weighted by Gasteiger charge is -2.17. The number of Topliss-reactive ketones (excluding diaryl/α,β-unsaturated/α-hetero) is 1. The molecule has 1 atom stereocenters. The van der Waals surface area contributed by atoms with E-state index in [1.54, 1.807) is 72.8 Å². The molecule has 2 amide bonds. The highest BCUT2D eigenvalue weighted by atomic mass is 16.5. The lowest BCUT2D eigenvalue weighted by atomic mass is 10.0. The molecule has 262 valence electrons. The largest absolute Gasteiger partial charge is 0.494 e. The first-order valence-electron chi connectivity index (χ1n) is 17.5. The molecule has 0 radical (unpaired) electrons. The first-order chi connectivity index (χ1) is 24.8. The van der Waals surface area contributed by atoms with Gasteiger partial charge in [0.1, 0.15) is 11.5 Å². The van der Waals surface area contributed by atoms with Crippen LogP contribution in [-0.2, 0) is 22.4 Å². The third-order valence-corrected chi connectivity index (χ3v) is 8.59. The van der Waals surface area contributed by atoms with Gasteiger partial charge >= 0.3 is 5.97 Å². The van der Waals surface area contributed by atoms with E-state index in [1.165, 1.54) is 26.2 Å². The summed E-state index contributed by atoms with van der Waals surface area (Å²) in [7, 11) is 0. The number of anilines is 1. The average Bonchev–Trinajstić information content (AvgIpc) is 3.14. The summed E-state index contributed by atoms with van der Waals surface area (Å²) in [5.41, 5.74) is 3.03. The van der Waals surface area contributed by atoms with Crippen molar-refractivity contribution < 1.29 is 28.7 Å². The molecule has 0 unspecified atom stereocenters. The van der Waals surface area contributed by atoms with Gasteiger partial charge in [-0.05, 0) is 102 Å². The fourth-order valence-corrected chi connectivity index (χ4v) is 5.66. The van der Waals surface area contributed by atoms with Gasteiger partial charge < -0.3 is 20.1 Å². The number of hydrogen-bond acceptors (Lipinski definition) is 6. The van der Waals surface area contributed by atoms with E-state index in [-0.39, 0.29) is 24.5 Å². The molecule has 0 aliphatic carbocycles. The average molecular weight is 685 g/mol. The number of hydrogen-bond donors (Lipinski definition) is 2. The molecule has 2 N–H and O–H groups in total. The zero-order valence-corrected chi connectivity index (χ0v) is 29.2. The molecule has 51 heavy (non-hydrogen) atoms. The number of unbranched alkanes of at least 4 members (excludes halogenated alkanes) is 4. The summed E-state index contributed by atoms with van der Waals surface area (Å²) < 4.78 is 11.3. The van der Waals surface area contributed by atoms with Crippen LogP contribution in [-0.4, -0.2) is 36.2 Å². The molecule has 0 bridgehead atoms. The second-order valence-corrected chi connectivity index (χ2v) is 12.6. The van der Waals surface area contributed by atoms with Crippen molar-refractivity contribution in [1.82, 2.24) is 5.32 Å². The minimum Gasteiger partial charge on any atom is -0.494 e. The van der Waals surface area contributed by atoms with E-state index in [1.807, 2.05) is 42.5 Å². The highest BCUT2D eigenvalue weighted by Crippen LogP contribution is 2.20. The van der Waals surface area contributed by atoms with Crippen LogP contribution in [0.2, 0.25) is 0 Å². The highest BCUT2D eigenvalue weighted by molar-refractivity contribution is 5.99. The summed E-state index contributed by atoms with van der Waals surface area (Å²) in [4.78, 5) is 50.9. The van der Waals surface area contributed by atoms with Crippen molar-refractivity contribution >= 4 is 40.0 Å². The zero-order chi connectivity index (χ0) is 36.0. The van der Waals surface area contributed by atoms with Crippen molar-refractivity contribution in [2.45, 2.75) is 64.8 Å². The molecule has 0 spiro atoms. The predicted octanol–water partition coefficient (Wildman–Crippen LogP) is 8.52. The van der Waals surface area contributed by atoms with Gasteiger partial charge in [-0.2, -0.15) is 0 Å². The Morgan fingerprint density at radius 1 is 0.667 bits per heavy atom. The normalized spacial score (nSPS) is 11.4. The Kier molecular flexibility index (Phi) is 13.1. The van der Waals surface area contributed by atoms with Crippen LogP contribution in [0.15, 0.2) is 115 Å². The standard InChI is InChI=1S/C43H44N2O6/c1-3-4-5-6-9-26-50-38-24-18-35(19-25-38)43(49)51-39-22-13-31(14-23-39)28-40(30(2)46)45-42(48)34-16-20-37(21-17-34)44-41(47)29-32-12-15-33-10-7-8-11-36(33)27-32/h7-8,10-25,27,40H,3-6,9,26,28-29H2,1-2H3,(H,44,47)(H,45,48)/t40-/m0/s1. The van der Waals surface area contributed by atoms with Gasteiger partial charge in [-0.25, -0.2) is 4.79 Å². The monoisotopic (exact) mass is 684 g/mol. The summed E-state index contributed by atoms with van der Waals surface area (Å²) in [6, 6.07) is 33.5. The molecule has 5 aromatic carbocycles. The summed E-state index contributed by atoms with van der Waals surface area (Å²) in [6.45, 7) is 4.27. The summed E-state index contributed by atoms with van der Waals surface area (Å²) in [5, 5.41) is 7.88. The fraction of sp³-hybridized carbons (Fsp3) is 0.256. The Bertz CT molecular complexity index is 1940. The van der Waals surface area contributed by atoms with Gasteiger partial charge in [0, 0.05) is 11.3 Å². The second kappa shape index (κ2) is 18.3. The minimum atomic E-state index is -0.760. The van der Waals surface area contributed by atoms with Crippen LogP contribution >= 0.6 is 0 Å². The number of esters is 1. The van der Waals surface area contributed by atoms with Crippen LogP contribution in [0, 0.1) is 0 Å². The van der Waals surface area contributed by atoms with Crippen LogP contribution in [0.4, 0.5) is 5.69 Å². The SMILES string of the molecule is CCCCCCCOc1ccc(C(=O)Oc2ccc(C[C@H](NC(=O)c3ccc(NC(=O)Cc4ccc5ccccc5c4)cc3)C(C)=O)cc2)cc1. The molecule has 0 heterocycles. The molecule has 5 rings (SSSR count). The van der Waals surface area contributed by atoms with E-state index in [4.69, 9.17) is 9.47 Å². The molecule has 0 aromatic heterocycles. The first kappa shape index (κ1) is 36.5. The van der Waals surface area contributed by atoms with Crippen molar-refractivity contribution in [3.63, 3.8) is 0 Å². The minimum absolute atomic E-state index is 0.164. The van der Waals surface area contributed by atoms with Gasteiger partial charge in [-0.3, -0.25) is 14.4 Å². The molecule has 5 aromatic rings. The van der Waals surface area contributed by atoms with Gasteiger partial charge in [0.05, 0.1) is 24.6 Å². The molecule has 0 saturated carbocycles. The third kappa shape index (κ3) is 11.1. The van der Waals surface area contributed by atoms with Gasteiger partial charge in [-0.15, -0.1) is 0 Å². The van der Waals surface area contributed by atoms with E-state index >= 15 is 0 Å². The van der Waals surface area contributed by atoms with Crippen molar-refractivity contribution in [2.24, 2.45) is 0 Å². The van der Waals surface area contributed by atoms with E-state index in [0.29, 0.717) is 34.9 Å². The molecule has 8 nitrogen and oxygen atoms in total. The number of carbonyl (C=O) groups is 4. The van der Waals surface area contributed by atoms with Crippen LogP contribution in [0.5, 0.6) is 11.5 Å². The van der Waals surface area contributed by atoms with Crippen LogP contribution < -0.4 is 20.1 Å². The Morgan fingerprint density at radius 2 is 1.31 bits per heavy atom. The Balaban J connectivity index is 1.08. The number of carbonyl (C=O) groups excluding carboxylic acids is 4. The number of nitrogens with one attached hydrogen (secondary N) is 2. The molecule has 0 aliphatic heterocycles. The predicted molar refractivity (Wildman–Crippen MR) is 200 cm³/mol. The summed E-state index contributed by atoms with van der Waals surface area (Å²) >= 11 is 0. The van der Waals surface area contributed by atoms with Crippen molar-refractivity contribution in [2.75, 3.05) is 11.9 Å². The van der Waals surface area contributed by atoms with Crippen LogP contribution in [0.3, 0.4) is 0 Å². The number of benzene rings is 5. The highest BCUT2D eigenvalue weighted by Gasteiger charge is 2.19. The molecule has 0 fully saturated rings. The van der Waals surface area contributed by atoms with Crippen LogP contribution in [0.25, 0.3) is 10.8 Å². The number of ether oxygens (including phenoxy) is 2. The smallest absolute Gasteiger partial charge is 0.343 e. The second-order valence-electron chi connectivity index (χ2n) is 12.6. The Morgan fingerprint density at radius 3 is 2.02 bits per heavy atom. The first-order valence-corrected chi connectivity index (χ1v) is 17.5. The molecule has 8 heteroatoms. The molecular formula is C43H44N2O6. The van der Waals surface area contributed by atoms with E-state index in [9.17, 15) is 19.2 Å². The van der Waals surface area contributed by atoms with Crippen molar-refractivity contribution in [3.05, 3.63) is 138 Å². The molecule has 0 saturated heterocycles. The van der Waals surface area contributed by atoms with Gasteiger partial charge in [0.15, 0.2) is 5.78 Å². The third-order valence-electron chi connectivity index (χ3n) is 8.59. The Hall–Kier alpha value is -5.76. The lowest BCUT2D eigenvalue weighted by molar-refractivity contribution is -0.119. The lowest BCUT2D eigenvalue weighted by Crippen LogP contribution is -2.41. The quantitative estimate of drug-likeness (QED) is 0.0577. The van der Waals surface area contributed by atoms with E-state index in [0.717, 1.165) is 34.7 Å². The summed E-state index contributed by atoms with van der Waals surface area (Å²) in [6.07, 6.45) is 6.30.